The Morgan fingerprint density at radius 3 is 2.41 bits per heavy atom. The third-order valence-corrected chi connectivity index (χ3v) is 3.10. The zero-order valence-electron chi connectivity index (χ0n) is 12.0. The Morgan fingerprint density at radius 2 is 1.77 bits per heavy atom. The van der Waals surface area contributed by atoms with Crippen LogP contribution in [0.2, 0.25) is 0 Å². The average molecular weight is 297 g/mol. The number of halogens is 1. The Balaban J connectivity index is 1.69. The number of nitrogens with one attached hydrogen (secondary N) is 2. The van der Waals surface area contributed by atoms with Crippen LogP contribution in [0, 0.1) is 17.1 Å². The molecule has 0 aliphatic rings. The standard InChI is InChI=1S/C17H16FN3O/c18-15-5-1-14(2-6-15)12-21-17(22)9-10-20-16-7-3-13(11-19)4-8-16/h1-8,20H,9-10,12H2,(H,21,22). The maximum atomic E-state index is 12.7. The highest BCUT2D eigenvalue weighted by molar-refractivity contribution is 5.76. The van der Waals surface area contributed by atoms with Crippen LogP contribution in [0.5, 0.6) is 0 Å². The van der Waals surface area contributed by atoms with Crippen molar-refractivity contribution in [3.63, 3.8) is 0 Å². The van der Waals surface area contributed by atoms with Gasteiger partial charge in [0.15, 0.2) is 0 Å². The molecule has 0 fully saturated rings. The predicted octanol–water partition coefficient (Wildman–Crippen LogP) is 2.82. The molecule has 2 aromatic rings. The van der Waals surface area contributed by atoms with Gasteiger partial charge in [-0.3, -0.25) is 4.79 Å². The third-order valence-electron chi connectivity index (χ3n) is 3.10. The van der Waals surface area contributed by atoms with Crippen LogP contribution >= 0.6 is 0 Å². The van der Waals surface area contributed by atoms with Gasteiger partial charge in [0.25, 0.3) is 0 Å². The maximum absolute atomic E-state index is 12.7. The molecule has 22 heavy (non-hydrogen) atoms. The summed E-state index contributed by atoms with van der Waals surface area (Å²) in [6.07, 6.45) is 0.335. The summed E-state index contributed by atoms with van der Waals surface area (Å²) >= 11 is 0. The lowest BCUT2D eigenvalue weighted by molar-refractivity contribution is -0.121. The lowest BCUT2D eigenvalue weighted by atomic mass is 10.2. The van der Waals surface area contributed by atoms with Crippen molar-refractivity contribution in [2.24, 2.45) is 0 Å². The molecule has 0 aromatic heterocycles. The molecule has 0 unspecified atom stereocenters. The molecule has 0 atom stereocenters. The van der Waals surface area contributed by atoms with E-state index in [-0.39, 0.29) is 11.7 Å². The number of amides is 1. The minimum Gasteiger partial charge on any atom is -0.385 e. The first-order chi connectivity index (χ1) is 10.7. The Morgan fingerprint density at radius 1 is 1.09 bits per heavy atom. The van der Waals surface area contributed by atoms with Crippen LogP contribution < -0.4 is 10.6 Å². The molecule has 4 nitrogen and oxygen atoms in total. The lowest BCUT2D eigenvalue weighted by Gasteiger charge is -2.07. The molecule has 0 aliphatic heterocycles. The fourth-order valence-corrected chi connectivity index (χ4v) is 1.87. The minimum absolute atomic E-state index is 0.0783. The van der Waals surface area contributed by atoms with E-state index in [9.17, 15) is 9.18 Å². The molecule has 2 N–H and O–H groups in total. The predicted molar refractivity (Wildman–Crippen MR) is 82.5 cm³/mol. The van der Waals surface area contributed by atoms with E-state index in [0.29, 0.717) is 25.1 Å². The fourth-order valence-electron chi connectivity index (χ4n) is 1.87. The molecule has 2 rings (SSSR count). The summed E-state index contributed by atoms with van der Waals surface area (Å²) in [5.41, 5.74) is 2.32. The van der Waals surface area contributed by atoms with Gasteiger partial charge in [-0.25, -0.2) is 4.39 Å². The molecular formula is C17H16FN3O. The topological polar surface area (TPSA) is 64.9 Å². The molecule has 0 saturated carbocycles. The Hall–Kier alpha value is -2.87. The summed E-state index contributed by atoms with van der Waals surface area (Å²) < 4.78 is 12.7. The highest BCUT2D eigenvalue weighted by Crippen LogP contribution is 2.08. The quantitative estimate of drug-likeness (QED) is 0.861. The highest BCUT2D eigenvalue weighted by atomic mass is 19.1. The molecule has 1 amide bonds. The lowest BCUT2D eigenvalue weighted by Crippen LogP contribution is -2.24. The number of nitriles is 1. The van der Waals surface area contributed by atoms with Crippen molar-refractivity contribution in [1.29, 1.82) is 5.26 Å². The number of hydrogen-bond acceptors (Lipinski definition) is 3. The number of carbonyl (C=O) groups is 1. The zero-order chi connectivity index (χ0) is 15.8. The van der Waals surface area contributed by atoms with E-state index in [1.165, 1.54) is 12.1 Å². The zero-order valence-corrected chi connectivity index (χ0v) is 12.0. The van der Waals surface area contributed by atoms with Gasteiger partial charge in [-0.05, 0) is 42.0 Å². The van der Waals surface area contributed by atoms with E-state index in [0.717, 1.165) is 11.3 Å². The average Bonchev–Trinajstić information content (AvgIpc) is 2.55. The van der Waals surface area contributed by atoms with Gasteiger partial charge in [-0.15, -0.1) is 0 Å². The van der Waals surface area contributed by atoms with E-state index in [2.05, 4.69) is 10.6 Å². The van der Waals surface area contributed by atoms with Gasteiger partial charge in [0, 0.05) is 25.2 Å². The molecule has 0 bridgehead atoms. The molecular weight excluding hydrogens is 281 g/mol. The van der Waals surface area contributed by atoms with Gasteiger partial charge in [0.2, 0.25) is 5.91 Å². The monoisotopic (exact) mass is 297 g/mol. The van der Waals surface area contributed by atoms with E-state index >= 15 is 0 Å². The second kappa shape index (κ2) is 7.79. The van der Waals surface area contributed by atoms with E-state index in [1.807, 2.05) is 6.07 Å². The number of hydrogen-bond donors (Lipinski definition) is 2. The number of rotatable bonds is 6. The number of nitrogens with zero attached hydrogens (tertiary/aromatic N) is 1. The van der Waals surface area contributed by atoms with Gasteiger partial charge in [0.1, 0.15) is 5.82 Å². The maximum Gasteiger partial charge on any atom is 0.222 e. The van der Waals surface area contributed by atoms with Crippen LogP contribution in [-0.4, -0.2) is 12.5 Å². The van der Waals surface area contributed by atoms with Crippen molar-refractivity contribution in [2.45, 2.75) is 13.0 Å². The molecule has 2 aromatic carbocycles. The summed E-state index contributed by atoms with van der Waals surface area (Å²) in [6.45, 7) is 0.886. The largest absolute Gasteiger partial charge is 0.385 e. The van der Waals surface area contributed by atoms with Crippen LogP contribution in [0.4, 0.5) is 10.1 Å². The van der Waals surface area contributed by atoms with Crippen molar-refractivity contribution in [3.8, 4) is 6.07 Å². The van der Waals surface area contributed by atoms with Crippen LogP contribution in [0.1, 0.15) is 17.5 Å². The molecule has 0 spiro atoms. The molecule has 5 heteroatoms. The summed E-state index contributed by atoms with van der Waals surface area (Å²) in [4.78, 5) is 11.7. The van der Waals surface area contributed by atoms with Crippen LogP contribution in [-0.2, 0) is 11.3 Å². The minimum atomic E-state index is -0.290. The van der Waals surface area contributed by atoms with Crippen LogP contribution in [0.3, 0.4) is 0 Å². The number of benzene rings is 2. The first-order valence-corrected chi connectivity index (χ1v) is 6.92. The van der Waals surface area contributed by atoms with Gasteiger partial charge in [-0.1, -0.05) is 12.1 Å². The van der Waals surface area contributed by atoms with Crippen molar-refractivity contribution >= 4 is 11.6 Å². The normalized spacial score (nSPS) is 9.82. The fraction of sp³-hybridized carbons (Fsp3) is 0.176. The van der Waals surface area contributed by atoms with Gasteiger partial charge < -0.3 is 10.6 Å². The van der Waals surface area contributed by atoms with Crippen molar-refractivity contribution < 1.29 is 9.18 Å². The van der Waals surface area contributed by atoms with Gasteiger partial charge in [0.05, 0.1) is 11.6 Å². The van der Waals surface area contributed by atoms with Gasteiger partial charge in [-0.2, -0.15) is 5.26 Å². The molecule has 0 radical (unpaired) electrons. The first kappa shape index (κ1) is 15.5. The Kier molecular flexibility index (Phi) is 5.50. The SMILES string of the molecule is N#Cc1ccc(NCCC(=O)NCc2ccc(F)cc2)cc1. The van der Waals surface area contributed by atoms with Crippen LogP contribution in [0.15, 0.2) is 48.5 Å². The summed E-state index contributed by atoms with van der Waals surface area (Å²) in [7, 11) is 0. The third kappa shape index (κ3) is 4.91. The number of carbonyl (C=O) groups excluding carboxylic acids is 1. The smallest absolute Gasteiger partial charge is 0.222 e. The van der Waals surface area contributed by atoms with Gasteiger partial charge >= 0.3 is 0 Å². The number of anilines is 1. The molecule has 0 aliphatic carbocycles. The Bertz CT molecular complexity index is 660. The second-order valence-corrected chi connectivity index (χ2v) is 4.77. The molecule has 0 saturated heterocycles. The summed E-state index contributed by atoms with van der Waals surface area (Å²) in [5, 5.41) is 14.6. The highest BCUT2D eigenvalue weighted by Gasteiger charge is 2.02. The summed E-state index contributed by atoms with van der Waals surface area (Å²) in [6, 6.07) is 15.1. The molecule has 112 valence electrons. The van der Waals surface area contributed by atoms with Crippen molar-refractivity contribution in [1.82, 2.24) is 5.32 Å². The van der Waals surface area contributed by atoms with E-state index in [1.54, 1.807) is 36.4 Å². The Labute approximate surface area is 128 Å². The van der Waals surface area contributed by atoms with Crippen molar-refractivity contribution in [2.75, 3.05) is 11.9 Å². The van der Waals surface area contributed by atoms with E-state index in [4.69, 9.17) is 5.26 Å². The van der Waals surface area contributed by atoms with E-state index < -0.39 is 0 Å². The second-order valence-electron chi connectivity index (χ2n) is 4.77. The van der Waals surface area contributed by atoms with Crippen molar-refractivity contribution in [3.05, 3.63) is 65.5 Å². The molecule has 0 heterocycles. The first-order valence-electron chi connectivity index (χ1n) is 6.92. The van der Waals surface area contributed by atoms with Crippen LogP contribution in [0.25, 0.3) is 0 Å². The summed E-state index contributed by atoms with van der Waals surface area (Å²) in [5.74, 6) is -0.368.